The summed E-state index contributed by atoms with van der Waals surface area (Å²) in [4.78, 5) is 11.4. The summed E-state index contributed by atoms with van der Waals surface area (Å²) in [6, 6.07) is 0. The monoisotopic (exact) mass is 314 g/mol. The molecule has 0 aliphatic heterocycles. The van der Waals surface area contributed by atoms with Crippen molar-refractivity contribution in [3.63, 3.8) is 0 Å². The summed E-state index contributed by atoms with van der Waals surface area (Å²) in [6.45, 7) is 4.90. The molecule has 2 nitrogen and oxygen atoms in total. The minimum Gasteiger partial charge on any atom is -0.481 e. The van der Waals surface area contributed by atoms with E-state index in [-0.39, 0.29) is 11.3 Å². The lowest BCUT2D eigenvalue weighted by Crippen LogP contribution is -2.54. The molecule has 4 aliphatic carbocycles. The van der Waals surface area contributed by atoms with Crippen LogP contribution >= 0.6 is 0 Å². The lowest BCUT2D eigenvalue weighted by Gasteiger charge is -2.61. The summed E-state index contributed by atoms with van der Waals surface area (Å²) >= 11 is 0. The molecule has 0 aromatic heterocycles. The van der Waals surface area contributed by atoms with Gasteiger partial charge in [-0.05, 0) is 78.9 Å². The van der Waals surface area contributed by atoms with E-state index in [1.54, 1.807) is 0 Å². The van der Waals surface area contributed by atoms with E-state index in [2.05, 4.69) is 38.2 Å². The van der Waals surface area contributed by atoms with Gasteiger partial charge in [-0.1, -0.05) is 38.2 Å². The number of carbonyl (C=O) groups is 1. The smallest absolute Gasteiger partial charge is 0.303 e. The van der Waals surface area contributed by atoms with E-state index < -0.39 is 5.97 Å². The Morgan fingerprint density at radius 2 is 1.96 bits per heavy atom. The van der Waals surface area contributed by atoms with Gasteiger partial charge in [-0.3, -0.25) is 4.79 Å². The van der Waals surface area contributed by atoms with Gasteiger partial charge in [0.25, 0.3) is 0 Å². The van der Waals surface area contributed by atoms with Crippen LogP contribution in [-0.4, -0.2) is 11.1 Å². The number of hydrogen-bond donors (Lipinski definition) is 1. The van der Waals surface area contributed by atoms with Crippen molar-refractivity contribution in [1.82, 2.24) is 0 Å². The highest BCUT2D eigenvalue weighted by molar-refractivity contribution is 5.67. The zero-order chi connectivity index (χ0) is 16.2. The molecule has 4 aliphatic rings. The molecule has 0 aromatic rings. The molecule has 7 atom stereocenters. The maximum absolute atomic E-state index is 11.4. The Bertz CT molecular complexity index is 562. The van der Waals surface area contributed by atoms with Crippen LogP contribution < -0.4 is 0 Å². The Hall–Kier alpha value is -1.05. The summed E-state index contributed by atoms with van der Waals surface area (Å²) in [5.74, 6) is 2.60. The molecular formula is C21H30O2. The van der Waals surface area contributed by atoms with E-state index in [0.29, 0.717) is 23.7 Å². The highest BCUT2D eigenvalue weighted by Gasteiger charge is 2.58. The number of carboxylic acid groups (broad SMARTS) is 1. The second-order valence-corrected chi connectivity index (χ2v) is 9.07. The molecule has 0 saturated heterocycles. The number of carboxylic acids is 1. The molecule has 0 aromatic carbocycles. The summed E-state index contributed by atoms with van der Waals surface area (Å²) in [7, 11) is 0. The molecule has 2 unspecified atom stereocenters. The van der Waals surface area contributed by atoms with E-state index in [9.17, 15) is 9.90 Å². The number of fused-ring (bicyclic) bond motifs is 5. The molecule has 1 N–H and O–H groups in total. The van der Waals surface area contributed by atoms with Gasteiger partial charge in [0.2, 0.25) is 0 Å². The van der Waals surface area contributed by atoms with Crippen molar-refractivity contribution in [2.45, 2.75) is 58.8 Å². The van der Waals surface area contributed by atoms with E-state index in [0.717, 1.165) is 18.3 Å². The fraction of sp³-hybridized carbons (Fsp3) is 0.762. The van der Waals surface area contributed by atoms with Crippen molar-refractivity contribution >= 4 is 5.97 Å². The van der Waals surface area contributed by atoms with Gasteiger partial charge in [-0.25, -0.2) is 0 Å². The Labute approximate surface area is 140 Å². The third kappa shape index (κ3) is 2.16. The van der Waals surface area contributed by atoms with Crippen LogP contribution in [0.25, 0.3) is 0 Å². The second-order valence-electron chi connectivity index (χ2n) is 9.07. The number of aliphatic carboxylic acids is 1. The third-order valence-corrected chi connectivity index (χ3v) is 8.27. The van der Waals surface area contributed by atoms with Crippen molar-refractivity contribution in [3.8, 4) is 0 Å². The van der Waals surface area contributed by atoms with Crippen molar-refractivity contribution < 1.29 is 9.90 Å². The van der Waals surface area contributed by atoms with Gasteiger partial charge < -0.3 is 5.11 Å². The number of rotatable bonds is 2. The Kier molecular flexibility index (Phi) is 3.52. The van der Waals surface area contributed by atoms with Crippen LogP contribution in [0.15, 0.2) is 24.3 Å². The average molecular weight is 314 g/mol. The number of hydrogen-bond acceptors (Lipinski definition) is 1. The van der Waals surface area contributed by atoms with Gasteiger partial charge >= 0.3 is 5.97 Å². The fourth-order valence-electron chi connectivity index (χ4n) is 6.99. The predicted molar refractivity (Wildman–Crippen MR) is 91.9 cm³/mol. The van der Waals surface area contributed by atoms with Crippen molar-refractivity contribution in [3.05, 3.63) is 24.3 Å². The predicted octanol–water partition coefficient (Wildman–Crippen LogP) is 5.06. The molecule has 0 heterocycles. The first-order valence-corrected chi connectivity index (χ1v) is 9.51. The molecule has 2 heteroatoms. The van der Waals surface area contributed by atoms with Gasteiger partial charge in [0.15, 0.2) is 0 Å². The molecule has 2 saturated carbocycles. The zero-order valence-electron chi connectivity index (χ0n) is 14.5. The van der Waals surface area contributed by atoms with Crippen LogP contribution in [0.1, 0.15) is 58.8 Å². The largest absolute Gasteiger partial charge is 0.481 e. The van der Waals surface area contributed by atoms with E-state index in [4.69, 9.17) is 0 Å². The quantitative estimate of drug-likeness (QED) is 0.723. The first-order valence-electron chi connectivity index (χ1n) is 9.51. The normalized spacial score (nSPS) is 51.0. The van der Waals surface area contributed by atoms with E-state index in [1.165, 1.54) is 32.1 Å². The SMILES string of the molecule is C[C@]12C(CC(=O)O)C=CCC1CC[C@@H]1[C@@H]2CC[C@]2(C)C=CC[C@@H]12. The second kappa shape index (κ2) is 5.22. The van der Waals surface area contributed by atoms with Crippen LogP contribution in [0.4, 0.5) is 0 Å². The van der Waals surface area contributed by atoms with Crippen molar-refractivity contribution in [1.29, 1.82) is 0 Å². The van der Waals surface area contributed by atoms with Crippen LogP contribution in [0, 0.1) is 40.4 Å². The van der Waals surface area contributed by atoms with Crippen LogP contribution in [0.3, 0.4) is 0 Å². The van der Waals surface area contributed by atoms with Crippen LogP contribution in [-0.2, 0) is 4.79 Å². The molecule has 0 spiro atoms. The summed E-state index contributed by atoms with van der Waals surface area (Å²) in [5.41, 5.74) is 0.608. The molecule has 4 rings (SSSR count). The van der Waals surface area contributed by atoms with Crippen molar-refractivity contribution in [2.24, 2.45) is 40.4 Å². The molecular weight excluding hydrogens is 284 g/mol. The molecule has 2 fully saturated rings. The first-order chi connectivity index (χ1) is 10.9. The molecule has 23 heavy (non-hydrogen) atoms. The maximum Gasteiger partial charge on any atom is 0.303 e. The topological polar surface area (TPSA) is 37.3 Å². The Morgan fingerprint density at radius 1 is 1.13 bits per heavy atom. The highest BCUT2D eigenvalue weighted by atomic mass is 16.4. The van der Waals surface area contributed by atoms with E-state index in [1.807, 2.05) is 0 Å². The highest BCUT2D eigenvalue weighted by Crippen LogP contribution is 2.65. The van der Waals surface area contributed by atoms with Gasteiger partial charge in [0.05, 0.1) is 6.42 Å². The fourth-order valence-corrected chi connectivity index (χ4v) is 6.99. The van der Waals surface area contributed by atoms with Crippen molar-refractivity contribution in [2.75, 3.05) is 0 Å². The van der Waals surface area contributed by atoms with Gasteiger partial charge in [-0.2, -0.15) is 0 Å². The average Bonchev–Trinajstić information content (AvgIpc) is 2.89. The summed E-state index contributed by atoms with van der Waals surface area (Å²) < 4.78 is 0. The van der Waals surface area contributed by atoms with Gasteiger partial charge in [0.1, 0.15) is 0 Å². The minimum absolute atomic E-state index is 0.194. The third-order valence-electron chi connectivity index (χ3n) is 8.27. The van der Waals surface area contributed by atoms with Gasteiger partial charge in [-0.15, -0.1) is 0 Å². The lowest BCUT2D eigenvalue weighted by atomic mass is 9.43. The molecule has 0 radical (unpaired) electrons. The molecule has 0 amide bonds. The first kappa shape index (κ1) is 15.5. The minimum atomic E-state index is -0.633. The summed E-state index contributed by atoms with van der Waals surface area (Å²) in [5, 5.41) is 9.41. The number of allylic oxidation sites excluding steroid dienone is 4. The van der Waals surface area contributed by atoms with Crippen LogP contribution in [0.2, 0.25) is 0 Å². The maximum atomic E-state index is 11.4. The molecule has 126 valence electrons. The zero-order valence-corrected chi connectivity index (χ0v) is 14.5. The van der Waals surface area contributed by atoms with Crippen LogP contribution in [0.5, 0.6) is 0 Å². The van der Waals surface area contributed by atoms with Gasteiger partial charge in [0, 0.05) is 0 Å². The Balaban J connectivity index is 1.68. The Morgan fingerprint density at radius 3 is 2.74 bits per heavy atom. The lowest BCUT2D eigenvalue weighted by molar-refractivity contribution is -0.144. The van der Waals surface area contributed by atoms with E-state index >= 15 is 0 Å². The summed E-state index contributed by atoms with van der Waals surface area (Å²) in [6.07, 6.45) is 17.4. The standard InChI is InChI=1S/C21H30O2/c1-20-11-4-7-17(20)16-9-8-14-5-3-6-15(13-19(22)23)21(14,2)18(16)10-12-20/h3-4,6,11,14-18H,5,7-10,12-13H2,1-2H3,(H,22,23)/t14?,15?,16-,17-,18-,20-,21+/m0/s1. The molecule has 0 bridgehead atoms.